The van der Waals surface area contributed by atoms with Gasteiger partial charge in [0.15, 0.2) is 0 Å². The van der Waals surface area contributed by atoms with Crippen molar-refractivity contribution in [1.82, 2.24) is 15.4 Å². The van der Waals surface area contributed by atoms with Gasteiger partial charge in [-0.3, -0.25) is 9.59 Å². The quantitative estimate of drug-likeness (QED) is 0.918. The van der Waals surface area contributed by atoms with Crippen molar-refractivity contribution in [1.29, 1.82) is 0 Å². The van der Waals surface area contributed by atoms with Crippen LogP contribution in [-0.2, 0) is 9.59 Å². The van der Waals surface area contributed by atoms with Crippen LogP contribution >= 0.6 is 0 Å². The molecule has 1 rings (SSSR count). The minimum Gasteiger partial charge on any atom is -0.361 e. The van der Waals surface area contributed by atoms with Crippen LogP contribution in [0.2, 0.25) is 0 Å². The van der Waals surface area contributed by atoms with Crippen LogP contribution in [0.3, 0.4) is 0 Å². The first-order valence-corrected chi connectivity index (χ1v) is 7.01. The fourth-order valence-corrected chi connectivity index (χ4v) is 2.31. The van der Waals surface area contributed by atoms with Gasteiger partial charge in [0.25, 0.3) is 0 Å². The molecule has 6 heteroatoms. The largest absolute Gasteiger partial charge is 0.361 e. The molecule has 1 N–H and O–H groups in total. The maximum absolute atomic E-state index is 12.4. The average Bonchev–Trinajstić information content (AvgIpc) is 2.64. The summed E-state index contributed by atoms with van der Waals surface area (Å²) in [5.41, 5.74) is 1.19. The SMILES string of the molecule is Cc1noc(C)c1[C@H](C)C(=O)N(C)CC(=O)NC(C)(C)C. The molecule has 0 fully saturated rings. The van der Waals surface area contributed by atoms with Crippen LogP contribution < -0.4 is 5.32 Å². The minimum atomic E-state index is -0.385. The Kier molecular flexibility index (Phi) is 5.15. The van der Waals surface area contributed by atoms with Crippen molar-refractivity contribution >= 4 is 11.8 Å². The van der Waals surface area contributed by atoms with Crippen molar-refractivity contribution in [3.8, 4) is 0 Å². The molecular formula is C15H25N3O3. The molecule has 0 saturated carbocycles. The van der Waals surface area contributed by atoms with Gasteiger partial charge in [-0.05, 0) is 41.5 Å². The molecule has 118 valence electrons. The number of aromatic nitrogens is 1. The first kappa shape index (κ1) is 17.2. The number of nitrogens with one attached hydrogen (secondary N) is 1. The molecule has 1 atom stereocenters. The topological polar surface area (TPSA) is 75.4 Å². The lowest BCUT2D eigenvalue weighted by Gasteiger charge is -2.25. The number of hydrogen-bond acceptors (Lipinski definition) is 4. The van der Waals surface area contributed by atoms with Gasteiger partial charge in [-0.25, -0.2) is 0 Å². The summed E-state index contributed by atoms with van der Waals surface area (Å²) in [6.45, 7) is 11.1. The van der Waals surface area contributed by atoms with Gasteiger partial charge < -0.3 is 14.7 Å². The molecule has 0 aromatic carbocycles. The molecule has 1 aromatic rings. The molecule has 21 heavy (non-hydrogen) atoms. The zero-order valence-electron chi connectivity index (χ0n) is 13.9. The van der Waals surface area contributed by atoms with Crippen molar-refractivity contribution in [3.63, 3.8) is 0 Å². The van der Waals surface area contributed by atoms with E-state index in [-0.39, 0.29) is 29.8 Å². The van der Waals surface area contributed by atoms with Crippen LogP contribution in [0.5, 0.6) is 0 Å². The summed E-state index contributed by atoms with van der Waals surface area (Å²) in [6, 6.07) is 0. The monoisotopic (exact) mass is 295 g/mol. The standard InChI is InChI=1S/C15H25N3O3/c1-9(13-10(2)17-21-11(13)3)14(20)18(7)8-12(19)16-15(4,5)6/h9H,8H2,1-7H3,(H,16,19)/t9-/m0/s1. The maximum atomic E-state index is 12.4. The third-order valence-corrected chi connectivity index (χ3v) is 3.16. The molecule has 1 aromatic heterocycles. The van der Waals surface area contributed by atoms with E-state index >= 15 is 0 Å². The predicted octanol–water partition coefficient (Wildman–Crippen LogP) is 1.77. The van der Waals surface area contributed by atoms with E-state index in [0.717, 1.165) is 5.56 Å². The Morgan fingerprint density at radius 3 is 2.33 bits per heavy atom. The highest BCUT2D eigenvalue weighted by atomic mass is 16.5. The second kappa shape index (κ2) is 6.28. The highest BCUT2D eigenvalue weighted by molar-refractivity contribution is 5.88. The lowest BCUT2D eigenvalue weighted by molar-refractivity contribution is -0.136. The average molecular weight is 295 g/mol. The summed E-state index contributed by atoms with van der Waals surface area (Å²) in [6.07, 6.45) is 0. The summed E-state index contributed by atoms with van der Waals surface area (Å²) in [7, 11) is 1.62. The first-order chi connectivity index (χ1) is 9.53. The van der Waals surface area contributed by atoms with E-state index in [1.807, 2.05) is 27.7 Å². The zero-order valence-corrected chi connectivity index (χ0v) is 13.9. The second-order valence-corrected chi connectivity index (χ2v) is 6.45. The van der Waals surface area contributed by atoms with Crippen LogP contribution in [-0.4, -0.2) is 41.0 Å². The summed E-state index contributed by atoms with van der Waals surface area (Å²) in [5.74, 6) is -0.0534. The number of nitrogens with zero attached hydrogens (tertiary/aromatic N) is 2. The Bertz CT molecular complexity index is 509. The third kappa shape index (κ3) is 4.58. The molecule has 0 spiro atoms. The van der Waals surface area contributed by atoms with Crippen molar-refractivity contribution in [2.75, 3.05) is 13.6 Å². The zero-order chi connectivity index (χ0) is 16.4. The van der Waals surface area contributed by atoms with Crippen molar-refractivity contribution in [2.24, 2.45) is 0 Å². The van der Waals surface area contributed by atoms with E-state index in [4.69, 9.17) is 4.52 Å². The number of carbonyl (C=O) groups excluding carboxylic acids is 2. The molecule has 0 unspecified atom stereocenters. The van der Waals surface area contributed by atoms with Gasteiger partial charge in [0.1, 0.15) is 5.76 Å². The molecule has 6 nitrogen and oxygen atoms in total. The maximum Gasteiger partial charge on any atom is 0.240 e. The predicted molar refractivity (Wildman–Crippen MR) is 79.9 cm³/mol. The van der Waals surface area contributed by atoms with Gasteiger partial charge >= 0.3 is 0 Å². The van der Waals surface area contributed by atoms with E-state index < -0.39 is 0 Å². The molecule has 0 aliphatic rings. The lowest BCUT2D eigenvalue weighted by Crippen LogP contribution is -2.46. The van der Waals surface area contributed by atoms with Crippen LogP contribution in [0.25, 0.3) is 0 Å². The highest BCUT2D eigenvalue weighted by Crippen LogP contribution is 2.24. The Morgan fingerprint density at radius 2 is 1.90 bits per heavy atom. The Hall–Kier alpha value is -1.85. The number of likely N-dealkylation sites (N-methyl/N-ethyl adjacent to an activating group) is 1. The first-order valence-electron chi connectivity index (χ1n) is 7.01. The van der Waals surface area contributed by atoms with E-state index in [1.165, 1.54) is 4.90 Å². The van der Waals surface area contributed by atoms with Crippen molar-refractivity contribution in [2.45, 2.75) is 53.0 Å². The molecule has 0 aliphatic heterocycles. The fourth-order valence-electron chi connectivity index (χ4n) is 2.31. The van der Waals surface area contributed by atoms with Gasteiger partial charge in [-0.15, -0.1) is 0 Å². The Balaban J connectivity index is 2.73. The molecular weight excluding hydrogens is 270 g/mol. The van der Waals surface area contributed by atoms with Crippen LogP contribution in [0, 0.1) is 13.8 Å². The number of amides is 2. The van der Waals surface area contributed by atoms with Gasteiger partial charge in [0.2, 0.25) is 11.8 Å². The highest BCUT2D eigenvalue weighted by Gasteiger charge is 2.26. The summed E-state index contributed by atoms with van der Waals surface area (Å²) >= 11 is 0. The van der Waals surface area contributed by atoms with E-state index in [9.17, 15) is 9.59 Å². The van der Waals surface area contributed by atoms with Gasteiger partial charge in [-0.1, -0.05) is 5.16 Å². The van der Waals surface area contributed by atoms with Gasteiger partial charge in [0.05, 0.1) is 18.2 Å². The Morgan fingerprint density at radius 1 is 1.33 bits per heavy atom. The molecule has 2 amide bonds. The number of aryl methyl sites for hydroxylation is 2. The third-order valence-electron chi connectivity index (χ3n) is 3.16. The normalized spacial score (nSPS) is 12.9. The smallest absolute Gasteiger partial charge is 0.240 e. The van der Waals surface area contributed by atoms with Crippen molar-refractivity contribution < 1.29 is 14.1 Å². The second-order valence-electron chi connectivity index (χ2n) is 6.45. The molecule has 1 heterocycles. The van der Waals surface area contributed by atoms with Crippen LogP contribution in [0.15, 0.2) is 4.52 Å². The molecule has 0 aliphatic carbocycles. The van der Waals surface area contributed by atoms with Crippen LogP contribution in [0.4, 0.5) is 0 Å². The number of rotatable bonds is 4. The van der Waals surface area contributed by atoms with E-state index in [1.54, 1.807) is 20.9 Å². The fraction of sp³-hybridized carbons (Fsp3) is 0.667. The lowest BCUT2D eigenvalue weighted by atomic mass is 9.98. The van der Waals surface area contributed by atoms with Gasteiger partial charge in [-0.2, -0.15) is 0 Å². The van der Waals surface area contributed by atoms with Gasteiger partial charge in [0, 0.05) is 18.2 Å². The van der Waals surface area contributed by atoms with Crippen LogP contribution in [0.1, 0.15) is 50.6 Å². The number of hydrogen-bond donors (Lipinski definition) is 1. The van der Waals surface area contributed by atoms with Crippen molar-refractivity contribution in [3.05, 3.63) is 17.0 Å². The van der Waals surface area contributed by atoms with E-state index in [0.29, 0.717) is 11.5 Å². The summed E-state index contributed by atoms with van der Waals surface area (Å²) in [5, 5.41) is 6.70. The Labute approximate surface area is 125 Å². The molecule has 0 saturated heterocycles. The van der Waals surface area contributed by atoms with E-state index in [2.05, 4.69) is 10.5 Å². The number of carbonyl (C=O) groups is 2. The summed E-state index contributed by atoms with van der Waals surface area (Å²) in [4.78, 5) is 25.7. The minimum absolute atomic E-state index is 0.0316. The molecule has 0 radical (unpaired) electrons. The molecule has 0 bridgehead atoms. The summed E-state index contributed by atoms with van der Waals surface area (Å²) < 4.78 is 5.09.